The van der Waals surface area contributed by atoms with E-state index in [9.17, 15) is 19.6 Å². The number of rotatable bonds is 11. The lowest BCUT2D eigenvalue weighted by molar-refractivity contribution is -0.138. The minimum absolute atomic E-state index is 0.0382. The smallest absolute Gasteiger partial charge is 0.364 e. The van der Waals surface area contributed by atoms with Crippen molar-refractivity contribution in [2.45, 2.75) is 45.4 Å². The van der Waals surface area contributed by atoms with Gasteiger partial charge in [-0.25, -0.2) is 4.79 Å². The zero-order chi connectivity index (χ0) is 18.5. The molecule has 136 valence electrons. The van der Waals surface area contributed by atoms with Crippen LogP contribution in [-0.2, 0) is 14.3 Å². The number of benzene rings is 1. The molecule has 0 radical (unpaired) electrons. The molecule has 0 aliphatic heterocycles. The molecule has 1 aromatic carbocycles. The van der Waals surface area contributed by atoms with Crippen LogP contribution in [0.15, 0.2) is 47.0 Å². The summed E-state index contributed by atoms with van der Waals surface area (Å²) in [5.41, 5.74) is 0.208. The van der Waals surface area contributed by atoms with Crippen molar-refractivity contribution >= 4 is 17.6 Å². The van der Waals surface area contributed by atoms with E-state index < -0.39 is 11.7 Å². The topological polar surface area (TPSA) is 105 Å². The maximum absolute atomic E-state index is 11.8. The predicted molar refractivity (Wildman–Crippen MR) is 94.9 cm³/mol. The normalized spacial score (nSPS) is 11.4. The summed E-state index contributed by atoms with van der Waals surface area (Å²) in [6, 6.07) is 9.25. The monoisotopic (exact) mass is 348 g/mol. The van der Waals surface area contributed by atoms with Crippen LogP contribution in [0.3, 0.4) is 0 Å². The highest BCUT2D eigenvalue weighted by Gasteiger charge is 2.17. The van der Waals surface area contributed by atoms with Crippen molar-refractivity contribution in [3.63, 3.8) is 0 Å². The van der Waals surface area contributed by atoms with Gasteiger partial charge in [0.15, 0.2) is 0 Å². The van der Waals surface area contributed by atoms with Gasteiger partial charge in [-0.3, -0.25) is 4.79 Å². The fourth-order valence-corrected chi connectivity index (χ4v) is 2.20. The van der Waals surface area contributed by atoms with Crippen molar-refractivity contribution < 1.29 is 19.4 Å². The molecule has 0 saturated heterocycles. The predicted octanol–water partition coefficient (Wildman–Crippen LogP) is 4.06. The molecule has 0 aliphatic carbocycles. The number of aliphatic hydroxyl groups is 1. The molecule has 7 heteroatoms. The summed E-state index contributed by atoms with van der Waals surface area (Å²) < 4.78 is 4.64. The summed E-state index contributed by atoms with van der Waals surface area (Å²) in [5, 5.41) is 15.1. The zero-order valence-corrected chi connectivity index (χ0v) is 14.4. The zero-order valence-electron chi connectivity index (χ0n) is 14.4. The third kappa shape index (κ3) is 8.10. The summed E-state index contributed by atoms with van der Waals surface area (Å²) in [7, 11) is 0. The summed E-state index contributed by atoms with van der Waals surface area (Å²) in [6.07, 6.45) is 3.47. The van der Waals surface area contributed by atoms with Crippen molar-refractivity contribution in [1.82, 2.24) is 0 Å². The van der Waals surface area contributed by atoms with E-state index in [1.54, 1.807) is 6.92 Å². The van der Waals surface area contributed by atoms with Crippen LogP contribution < -0.4 is 5.32 Å². The van der Waals surface area contributed by atoms with E-state index >= 15 is 0 Å². The Morgan fingerprint density at radius 1 is 1.08 bits per heavy atom. The van der Waals surface area contributed by atoms with Gasteiger partial charge in [0, 0.05) is 18.5 Å². The van der Waals surface area contributed by atoms with E-state index in [1.165, 1.54) is 0 Å². The molecule has 0 aliphatic rings. The number of hydrogen-bond acceptors (Lipinski definition) is 6. The van der Waals surface area contributed by atoms with Crippen LogP contribution in [0, 0.1) is 4.91 Å². The van der Waals surface area contributed by atoms with Crippen LogP contribution in [0.25, 0.3) is 0 Å². The first kappa shape index (κ1) is 20.3. The lowest BCUT2D eigenvalue weighted by atomic mass is 10.1. The second-order valence-electron chi connectivity index (χ2n) is 5.44. The highest BCUT2D eigenvalue weighted by atomic mass is 16.5. The van der Waals surface area contributed by atoms with Gasteiger partial charge in [-0.1, -0.05) is 31.0 Å². The molecule has 1 aromatic rings. The molecular formula is C18H24N2O5. The maximum atomic E-state index is 11.8. The van der Waals surface area contributed by atoms with E-state index in [2.05, 4.69) is 15.2 Å². The van der Waals surface area contributed by atoms with Crippen LogP contribution in [0.1, 0.15) is 45.4 Å². The van der Waals surface area contributed by atoms with Crippen LogP contribution in [0.4, 0.5) is 5.69 Å². The number of unbranched alkanes of at least 4 members (excludes halogenated alkanes) is 3. The number of allylic oxidation sites excluding steroid dienone is 1. The van der Waals surface area contributed by atoms with Crippen molar-refractivity contribution in [1.29, 1.82) is 0 Å². The van der Waals surface area contributed by atoms with Gasteiger partial charge in [0.05, 0.1) is 6.61 Å². The molecule has 0 saturated carbocycles. The number of hydrogen-bond donors (Lipinski definition) is 2. The minimum atomic E-state index is -0.910. The summed E-state index contributed by atoms with van der Waals surface area (Å²) in [5.74, 6) is -1.30. The summed E-state index contributed by atoms with van der Waals surface area (Å²) in [4.78, 5) is 33.8. The molecule has 0 spiro atoms. The number of esters is 1. The lowest BCUT2D eigenvalue weighted by Crippen LogP contribution is -2.10. The van der Waals surface area contributed by atoms with Crippen LogP contribution in [-0.4, -0.2) is 23.6 Å². The third-order valence-corrected chi connectivity index (χ3v) is 3.46. The quantitative estimate of drug-likeness (QED) is 0.206. The molecule has 2 N–H and O–H groups in total. The third-order valence-electron chi connectivity index (χ3n) is 3.46. The number of nitrogens with zero attached hydrogens (tertiary/aromatic N) is 1. The fourth-order valence-electron chi connectivity index (χ4n) is 2.20. The highest BCUT2D eigenvalue weighted by Crippen LogP contribution is 2.15. The molecule has 0 heterocycles. The molecule has 0 atom stereocenters. The van der Waals surface area contributed by atoms with Crippen molar-refractivity contribution in [3.05, 3.63) is 46.7 Å². The molecule has 1 amide bonds. The largest absolute Gasteiger partial charge is 0.510 e. The molecular weight excluding hydrogens is 324 g/mol. The minimum Gasteiger partial charge on any atom is -0.510 e. The van der Waals surface area contributed by atoms with Gasteiger partial charge in [0.1, 0.15) is 5.76 Å². The summed E-state index contributed by atoms with van der Waals surface area (Å²) >= 11 is 0. The van der Waals surface area contributed by atoms with E-state index in [-0.39, 0.29) is 24.7 Å². The first-order valence-electron chi connectivity index (χ1n) is 8.36. The van der Waals surface area contributed by atoms with E-state index in [1.807, 2.05) is 30.3 Å². The summed E-state index contributed by atoms with van der Waals surface area (Å²) in [6.45, 7) is 1.71. The van der Waals surface area contributed by atoms with Crippen LogP contribution >= 0.6 is 0 Å². The fraction of sp³-hybridized carbons (Fsp3) is 0.444. The second-order valence-corrected chi connectivity index (χ2v) is 5.44. The Labute approximate surface area is 147 Å². The van der Waals surface area contributed by atoms with E-state index in [4.69, 9.17) is 0 Å². The van der Waals surface area contributed by atoms with Gasteiger partial charge >= 0.3 is 5.97 Å². The molecule has 0 fully saturated rings. The first-order valence-corrected chi connectivity index (χ1v) is 8.36. The molecule has 0 bridgehead atoms. The second kappa shape index (κ2) is 11.8. The van der Waals surface area contributed by atoms with Crippen molar-refractivity contribution in [2.75, 3.05) is 11.9 Å². The Bertz CT molecular complexity index is 599. The van der Waals surface area contributed by atoms with Gasteiger partial charge < -0.3 is 15.2 Å². The van der Waals surface area contributed by atoms with Gasteiger partial charge in [-0.2, -0.15) is 0 Å². The van der Waals surface area contributed by atoms with Crippen LogP contribution in [0.2, 0.25) is 0 Å². The number of carbonyl (C=O) groups is 2. The highest BCUT2D eigenvalue weighted by molar-refractivity contribution is 5.90. The molecule has 7 nitrogen and oxygen atoms in total. The average molecular weight is 348 g/mol. The Morgan fingerprint density at radius 2 is 1.72 bits per heavy atom. The Balaban J connectivity index is 2.21. The van der Waals surface area contributed by atoms with E-state index in [0.717, 1.165) is 24.9 Å². The standard InChI is InChI=1S/C18H24N2O5/c1-2-25-18(23)17(20-24)15(21)12-8-3-4-9-13-16(22)19-14-10-6-5-7-11-14/h5-7,10-11,21H,2-4,8-9,12-13H2,1H3,(H,19,22)/b17-15+. The van der Waals surface area contributed by atoms with Gasteiger partial charge in [-0.05, 0) is 37.1 Å². The average Bonchev–Trinajstić information content (AvgIpc) is 2.59. The Kier molecular flexibility index (Phi) is 9.58. The SMILES string of the molecule is CCOC(=O)/C(N=O)=C(\O)CCCCCCC(=O)Nc1ccccc1. The number of nitroso groups, excluding NO2 is 1. The first-order chi connectivity index (χ1) is 12.1. The number of amides is 1. The molecule has 0 unspecified atom stereocenters. The maximum Gasteiger partial charge on any atom is 0.364 e. The number of anilines is 1. The van der Waals surface area contributed by atoms with E-state index in [0.29, 0.717) is 12.8 Å². The number of aliphatic hydroxyl groups excluding tert-OH is 1. The van der Waals surface area contributed by atoms with Gasteiger partial charge in [0.25, 0.3) is 0 Å². The van der Waals surface area contributed by atoms with Gasteiger partial charge in [0.2, 0.25) is 11.6 Å². The number of nitrogens with one attached hydrogen (secondary N) is 1. The lowest BCUT2D eigenvalue weighted by Gasteiger charge is -2.06. The Morgan fingerprint density at radius 3 is 2.32 bits per heavy atom. The number of para-hydroxylation sites is 1. The van der Waals surface area contributed by atoms with Crippen molar-refractivity contribution in [3.8, 4) is 0 Å². The molecule has 0 aromatic heterocycles. The Hall–Kier alpha value is -2.70. The number of ether oxygens (including phenoxy) is 1. The molecule has 1 rings (SSSR count). The van der Waals surface area contributed by atoms with Gasteiger partial charge in [-0.15, -0.1) is 4.91 Å². The van der Waals surface area contributed by atoms with Crippen molar-refractivity contribution in [2.24, 2.45) is 5.18 Å². The molecule has 25 heavy (non-hydrogen) atoms. The number of carbonyl (C=O) groups excluding carboxylic acids is 2. The van der Waals surface area contributed by atoms with Crippen LogP contribution in [0.5, 0.6) is 0 Å².